The molecule has 4 nitrogen and oxygen atoms in total. The van der Waals surface area contributed by atoms with E-state index in [9.17, 15) is 4.79 Å². The number of aromatic nitrogens is 1. The number of ether oxygens (including phenoxy) is 1. The first-order valence-electron chi connectivity index (χ1n) is 5.66. The van der Waals surface area contributed by atoms with Crippen LogP contribution in [-0.2, 0) is 0 Å². The van der Waals surface area contributed by atoms with Crippen molar-refractivity contribution in [2.75, 3.05) is 11.9 Å². The third-order valence-electron chi connectivity index (χ3n) is 2.29. The molecule has 1 aromatic heterocycles. The Morgan fingerprint density at radius 1 is 1.39 bits per heavy atom. The second kappa shape index (κ2) is 5.64. The van der Waals surface area contributed by atoms with Gasteiger partial charge in [-0.1, -0.05) is 0 Å². The molecule has 2 aromatic rings. The molecule has 5 heteroatoms. The summed E-state index contributed by atoms with van der Waals surface area (Å²) in [5.74, 6) is 0.629. The average Bonchev–Trinajstić information content (AvgIpc) is 2.76. The molecule has 1 heterocycles. The zero-order valence-corrected chi connectivity index (χ0v) is 11.1. The predicted octanol–water partition coefficient (Wildman–Crippen LogP) is 3.10. The van der Waals surface area contributed by atoms with Crippen molar-refractivity contribution in [3.05, 3.63) is 41.6 Å². The minimum absolute atomic E-state index is 0.137. The Kier molecular flexibility index (Phi) is 3.94. The van der Waals surface area contributed by atoms with Crippen molar-refractivity contribution >= 4 is 22.4 Å². The first kappa shape index (κ1) is 12.6. The first-order chi connectivity index (χ1) is 8.69. The van der Waals surface area contributed by atoms with Crippen LogP contribution in [0.15, 0.2) is 30.3 Å². The van der Waals surface area contributed by atoms with Crippen LogP contribution in [0.2, 0.25) is 0 Å². The zero-order chi connectivity index (χ0) is 13.0. The molecule has 0 aliphatic carbocycles. The van der Waals surface area contributed by atoms with Crippen LogP contribution in [0.25, 0.3) is 0 Å². The summed E-state index contributed by atoms with van der Waals surface area (Å²) >= 11 is 1.28. The van der Waals surface area contributed by atoms with Gasteiger partial charge in [-0.2, -0.15) is 4.37 Å². The second-order valence-corrected chi connectivity index (χ2v) is 4.55. The molecular weight excluding hydrogens is 248 g/mol. The largest absolute Gasteiger partial charge is 0.494 e. The highest BCUT2D eigenvalue weighted by molar-refractivity contribution is 7.10. The van der Waals surface area contributed by atoms with Gasteiger partial charge >= 0.3 is 0 Å². The standard InChI is InChI=1S/C13H14N2O2S/c1-3-17-11-6-4-10(5-7-11)13(16)14-12-8-9(2)15-18-12/h4-8H,3H2,1-2H3,(H,14,16). The van der Waals surface area contributed by atoms with Crippen molar-refractivity contribution in [2.45, 2.75) is 13.8 Å². The molecule has 0 aliphatic rings. The van der Waals surface area contributed by atoms with Gasteiger partial charge < -0.3 is 10.1 Å². The van der Waals surface area contributed by atoms with E-state index in [-0.39, 0.29) is 5.91 Å². The van der Waals surface area contributed by atoms with Crippen LogP contribution in [0, 0.1) is 6.92 Å². The molecule has 0 fully saturated rings. The summed E-state index contributed by atoms with van der Waals surface area (Å²) in [5.41, 5.74) is 1.51. The van der Waals surface area contributed by atoms with Crippen LogP contribution in [0.1, 0.15) is 23.0 Å². The summed E-state index contributed by atoms with van der Waals surface area (Å²) in [6.45, 7) is 4.43. The van der Waals surface area contributed by atoms with E-state index in [4.69, 9.17) is 4.74 Å². The number of carbonyl (C=O) groups excluding carboxylic acids is 1. The SMILES string of the molecule is CCOc1ccc(C(=O)Nc2cc(C)ns2)cc1. The van der Waals surface area contributed by atoms with Gasteiger partial charge in [-0.3, -0.25) is 4.79 Å². The van der Waals surface area contributed by atoms with Crippen molar-refractivity contribution in [3.63, 3.8) is 0 Å². The van der Waals surface area contributed by atoms with E-state index < -0.39 is 0 Å². The van der Waals surface area contributed by atoms with Gasteiger partial charge in [0.1, 0.15) is 10.8 Å². The number of nitrogens with zero attached hydrogens (tertiary/aromatic N) is 1. The average molecular weight is 262 g/mol. The molecule has 2 rings (SSSR count). The second-order valence-electron chi connectivity index (χ2n) is 3.74. The van der Waals surface area contributed by atoms with Crippen LogP contribution in [0.4, 0.5) is 5.00 Å². The van der Waals surface area contributed by atoms with Crippen LogP contribution in [0.5, 0.6) is 5.75 Å². The molecule has 94 valence electrons. The molecule has 0 aliphatic heterocycles. The normalized spacial score (nSPS) is 10.1. The molecule has 0 saturated carbocycles. The lowest BCUT2D eigenvalue weighted by atomic mass is 10.2. The molecule has 18 heavy (non-hydrogen) atoms. The van der Waals surface area contributed by atoms with Crippen molar-refractivity contribution in [1.82, 2.24) is 4.37 Å². The van der Waals surface area contributed by atoms with Crippen molar-refractivity contribution in [3.8, 4) is 5.75 Å². The third-order valence-corrected chi connectivity index (χ3v) is 3.09. The predicted molar refractivity (Wildman–Crippen MR) is 72.4 cm³/mol. The van der Waals surface area contributed by atoms with Gasteiger partial charge in [0, 0.05) is 5.56 Å². The number of aryl methyl sites for hydroxylation is 1. The minimum Gasteiger partial charge on any atom is -0.494 e. The highest BCUT2D eigenvalue weighted by Crippen LogP contribution is 2.18. The van der Waals surface area contributed by atoms with Crippen LogP contribution in [-0.4, -0.2) is 16.9 Å². The molecule has 1 amide bonds. The van der Waals surface area contributed by atoms with Gasteiger partial charge in [0.2, 0.25) is 0 Å². The third kappa shape index (κ3) is 3.07. The summed E-state index contributed by atoms with van der Waals surface area (Å²) < 4.78 is 9.43. The Morgan fingerprint density at radius 2 is 2.11 bits per heavy atom. The number of benzene rings is 1. The lowest BCUT2D eigenvalue weighted by molar-refractivity contribution is 0.102. The van der Waals surface area contributed by atoms with Gasteiger partial charge in [-0.15, -0.1) is 0 Å². The molecule has 0 atom stereocenters. The van der Waals surface area contributed by atoms with E-state index in [0.29, 0.717) is 12.2 Å². The number of rotatable bonds is 4. The smallest absolute Gasteiger partial charge is 0.256 e. The Morgan fingerprint density at radius 3 is 2.67 bits per heavy atom. The monoisotopic (exact) mass is 262 g/mol. The van der Waals surface area contributed by atoms with Crippen molar-refractivity contribution < 1.29 is 9.53 Å². The summed E-state index contributed by atoms with van der Waals surface area (Å²) in [4.78, 5) is 11.9. The molecule has 0 radical (unpaired) electrons. The molecule has 0 saturated heterocycles. The number of nitrogens with one attached hydrogen (secondary N) is 1. The Balaban J connectivity index is 2.04. The number of amides is 1. The van der Waals surface area contributed by atoms with Crippen LogP contribution >= 0.6 is 11.5 Å². The van der Waals surface area contributed by atoms with Crippen LogP contribution in [0.3, 0.4) is 0 Å². The quantitative estimate of drug-likeness (QED) is 0.921. The molecule has 0 unspecified atom stereocenters. The summed E-state index contributed by atoms with van der Waals surface area (Å²) in [5, 5.41) is 3.56. The summed E-state index contributed by atoms with van der Waals surface area (Å²) in [7, 11) is 0. The molecule has 0 bridgehead atoms. The summed E-state index contributed by atoms with van der Waals surface area (Å²) in [6, 6.07) is 8.91. The number of anilines is 1. The van der Waals surface area contributed by atoms with E-state index in [1.807, 2.05) is 19.9 Å². The van der Waals surface area contributed by atoms with Gasteiger partial charge in [0.05, 0.1) is 12.3 Å². The fraction of sp³-hybridized carbons (Fsp3) is 0.231. The highest BCUT2D eigenvalue weighted by atomic mass is 32.1. The van der Waals surface area contributed by atoms with E-state index in [0.717, 1.165) is 16.4 Å². The minimum atomic E-state index is -0.137. The maximum absolute atomic E-state index is 11.9. The Bertz CT molecular complexity index is 534. The maximum Gasteiger partial charge on any atom is 0.256 e. The fourth-order valence-corrected chi connectivity index (χ4v) is 2.13. The van der Waals surface area contributed by atoms with Gasteiger partial charge in [-0.05, 0) is 55.7 Å². The number of hydrogen-bond donors (Lipinski definition) is 1. The van der Waals surface area contributed by atoms with E-state index in [1.165, 1.54) is 11.5 Å². The van der Waals surface area contributed by atoms with E-state index in [2.05, 4.69) is 9.69 Å². The highest BCUT2D eigenvalue weighted by Gasteiger charge is 2.07. The van der Waals surface area contributed by atoms with Crippen LogP contribution < -0.4 is 10.1 Å². The Hall–Kier alpha value is -1.88. The van der Waals surface area contributed by atoms with Crippen molar-refractivity contribution in [1.29, 1.82) is 0 Å². The summed E-state index contributed by atoms with van der Waals surface area (Å²) in [6.07, 6.45) is 0. The lowest BCUT2D eigenvalue weighted by Gasteiger charge is -2.04. The lowest BCUT2D eigenvalue weighted by Crippen LogP contribution is -2.10. The first-order valence-corrected chi connectivity index (χ1v) is 6.44. The van der Waals surface area contributed by atoms with E-state index >= 15 is 0 Å². The van der Waals surface area contributed by atoms with E-state index in [1.54, 1.807) is 24.3 Å². The number of hydrogen-bond acceptors (Lipinski definition) is 4. The fourth-order valence-electron chi connectivity index (χ4n) is 1.48. The Labute approximate surface area is 110 Å². The topological polar surface area (TPSA) is 51.2 Å². The molecule has 1 N–H and O–H groups in total. The molecular formula is C13H14N2O2S. The maximum atomic E-state index is 11.9. The van der Waals surface area contributed by atoms with Gasteiger partial charge in [0.25, 0.3) is 5.91 Å². The zero-order valence-electron chi connectivity index (χ0n) is 10.3. The molecule has 0 spiro atoms. The molecule has 1 aromatic carbocycles. The van der Waals surface area contributed by atoms with Gasteiger partial charge in [0.15, 0.2) is 0 Å². The number of carbonyl (C=O) groups is 1. The van der Waals surface area contributed by atoms with Crippen molar-refractivity contribution in [2.24, 2.45) is 0 Å². The van der Waals surface area contributed by atoms with Gasteiger partial charge in [-0.25, -0.2) is 0 Å².